The van der Waals surface area contributed by atoms with Gasteiger partial charge in [-0.3, -0.25) is 19.2 Å². The third-order valence-corrected chi connectivity index (χ3v) is 8.34. The van der Waals surface area contributed by atoms with Gasteiger partial charge in [0.1, 0.15) is 5.82 Å². The summed E-state index contributed by atoms with van der Waals surface area (Å²) in [4.78, 5) is 55.4. The lowest BCUT2D eigenvalue weighted by atomic mass is 10.1. The Balaban J connectivity index is 1.37. The standard InChI is InChI=1S/C33H28FN5O5S/c34-25-10-7-22(8-11-25)31(42)36-26-18-24(32(43)37-27(19-30(40)41)29-2-1-17-45-29)9-12-28(26)38-13-15-39(16-14-38)33(44)23-5-3-21(20-35)4-6-23/h1-12,17-18,27H,13-16,19H2,(H,36,42)(H,37,43)(H,40,41). The topological polar surface area (TPSA) is 143 Å². The molecule has 1 aliphatic heterocycles. The molecule has 0 radical (unpaired) electrons. The number of amides is 3. The van der Waals surface area contributed by atoms with Crippen molar-refractivity contribution in [3.63, 3.8) is 0 Å². The van der Waals surface area contributed by atoms with Crippen molar-refractivity contribution in [3.05, 3.63) is 117 Å². The van der Waals surface area contributed by atoms with Gasteiger partial charge in [-0.1, -0.05) is 6.07 Å². The number of hydrogen-bond donors (Lipinski definition) is 3. The van der Waals surface area contributed by atoms with E-state index in [2.05, 4.69) is 10.6 Å². The number of anilines is 2. The van der Waals surface area contributed by atoms with Gasteiger partial charge in [-0.2, -0.15) is 5.26 Å². The quantitative estimate of drug-likeness (QED) is 0.240. The molecule has 45 heavy (non-hydrogen) atoms. The normalized spacial score (nSPS) is 13.4. The molecule has 0 aliphatic carbocycles. The van der Waals surface area contributed by atoms with Crippen LogP contribution in [0.25, 0.3) is 0 Å². The number of carboxylic acids is 1. The van der Waals surface area contributed by atoms with Crippen LogP contribution in [0, 0.1) is 17.1 Å². The number of hydrogen-bond acceptors (Lipinski definition) is 7. The van der Waals surface area contributed by atoms with E-state index >= 15 is 0 Å². The number of piperazine rings is 1. The molecule has 1 saturated heterocycles. The summed E-state index contributed by atoms with van der Waals surface area (Å²) in [7, 11) is 0. The molecule has 1 fully saturated rings. The van der Waals surface area contributed by atoms with E-state index in [0.29, 0.717) is 53.6 Å². The molecular formula is C33H28FN5O5S. The number of nitrogens with zero attached hydrogens (tertiary/aromatic N) is 3. The fourth-order valence-electron chi connectivity index (χ4n) is 5.00. The predicted molar refractivity (Wildman–Crippen MR) is 167 cm³/mol. The first kappa shape index (κ1) is 30.9. The monoisotopic (exact) mass is 625 g/mol. The zero-order valence-corrected chi connectivity index (χ0v) is 24.7. The minimum absolute atomic E-state index is 0.155. The van der Waals surface area contributed by atoms with Crippen LogP contribution in [-0.2, 0) is 4.79 Å². The van der Waals surface area contributed by atoms with Gasteiger partial charge in [0, 0.05) is 47.7 Å². The second-order valence-corrected chi connectivity index (χ2v) is 11.3. The number of carbonyl (C=O) groups excluding carboxylic acids is 3. The lowest BCUT2D eigenvalue weighted by molar-refractivity contribution is -0.137. The third kappa shape index (κ3) is 7.52. The molecule has 0 saturated carbocycles. The van der Waals surface area contributed by atoms with Gasteiger partial charge >= 0.3 is 5.97 Å². The summed E-state index contributed by atoms with van der Waals surface area (Å²) in [5, 5.41) is 25.8. The Labute approximate surface area is 262 Å². The Morgan fingerprint density at radius 1 is 0.889 bits per heavy atom. The highest BCUT2D eigenvalue weighted by atomic mass is 32.1. The van der Waals surface area contributed by atoms with Crippen LogP contribution in [0.1, 0.15) is 54.0 Å². The van der Waals surface area contributed by atoms with Crippen molar-refractivity contribution in [2.45, 2.75) is 12.5 Å². The molecule has 3 aromatic carbocycles. The molecule has 5 rings (SSSR count). The van der Waals surface area contributed by atoms with E-state index in [-0.39, 0.29) is 23.5 Å². The molecule has 0 bridgehead atoms. The fourth-order valence-corrected chi connectivity index (χ4v) is 5.78. The molecule has 4 aromatic rings. The summed E-state index contributed by atoms with van der Waals surface area (Å²) in [6.07, 6.45) is -0.302. The van der Waals surface area contributed by atoms with Crippen molar-refractivity contribution in [1.82, 2.24) is 10.2 Å². The van der Waals surface area contributed by atoms with Crippen LogP contribution in [0.15, 0.2) is 84.2 Å². The minimum atomic E-state index is -1.06. The first-order valence-corrected chi connectivity index (χ1v) is 14.9. The summed E-state index contributed by atoms with van der Waals surface area (Å²) in [6, 6.07) is 21.1. The molecule has 3 amide bonds. The van der Waals surface area contributed by atoms with Crippen LogP contribution in [0.3, 0.4) is 0 Å². The molecule has 12 heteroatoms. The van der Waals surface area contributed by atoms with Crippen LogP contribution in [0.5, 0.6) is 0 Å². The van der Waals surface area contributed by atoms with Gasteiger partial charge in [0.25, 0.3) is 17.7 Å². The largest absolute Gasteiger partial charge is 0.481 e. The number of benzene rings is 3. The van der Waals surface area contributed by atoms with E-state index in [9.17, 15) is 28.7 Å². The molecule has 228 valence electrons. The number of aliphatic carboxylic acids is 1. The van der Waals surface area contributed by atoms with Crippen LogP contribution >= 0.6 is 11.3 Å². The molecule has 2 heterocycles. The van der Waals surface area contributed by atoms with Gasteiger partial charge in [-0.15, -0.1) is 11.3 Å². The van der Waals surface area contributed by atoms with Crippen molar-refractivity contribution in [3.8, 4) is 6.07 Å². The van der Waals surface area contributed by atoms with Crippen molar-refractivity contribution in [2.24, 2.45) is 0 Å². The van der Waals surface area contributed by atoms with Crippen LogP contribution in [0.2, 0.25) is 0 Å². The summed E-state index contributed by atoms with van der Waals surface area (Å²) < 4.78 is 13.5. The predicted octanol–water partition coefficient (Wildman–Crippen LogP) is 4.92. The highest BCUT2D eigenvalue weighted by Crippen LogP contribution is 2.30. The van der Waals surface area contributed by atoms with Crippen LogP contribution < -0.4 is 15.5 Å². The average molecular weight is 626 g/mol. The first-order valence-electron chi connectivity index (χ1n) is 14.0. The maximum Gasteiger partial charge on any atom is 0.305 e. The summed E-state index contributed by atoms with van der Waals surface area (Å²) in [5.41, 5.74) is 2.31. The van der Waals surface area contributed by atoms with Crippen molar-refractivity contribution < 1.29 is 28.7 Å². The zero-order valence-electron chi connectivity index (χ0n) is 23.9. The SMILES string of the molecule is N#Cc1ccc(C(=O)N2CCN(c3ccc(C(=O)NC(CC(=O)O)c4cccs4)cc3NC(=O)c3ccc(F)cc3)CC2)cc1. The maximum absolute atomic E-state index is 13.5. The first-order chi connectivity index (χ1) is 21.7. The molecule has 10 nitrogen and oxygen atoms in total. The van der Waals surface area contributed by atoms with Crippen molar-refractivity contribution in [1.29, 1.82) is 5.26 Å². The van der Waals surface area contributed by atoms with Crippen molar-refractivity contribution >= 4 is 46.4 Å². The number of thiophene rings is 1. The highest BCUT2D eigenvalue weighted by Gasteiger charge is 2.26. The average Bonchev–Trinajstić information content (AvgIpc) is 3.60. The Morgan fingerprint density at radius 3 is 2.18 bits per heavy atom. The molecular weight excluding hydrogens is 597 g/mol. The second-order valence-electron chi connectivity index (χ2n) is 10.3. The van der Waals surface area contributed by atoms with E-state index in [0.717, 1.165) is 0 Å². The van der Waals surface area contributed by atoms with E-state index in [1.54, 1.807) is 58.8 Å². The zero-order chi connectivity index (χ0) is 31.9. The highest BCUT2D eigenvalue weighted by molar-refractivity contribution is 7.10. The van der Waals surface area contributed by atoms with E-state index in [4.69, 9.17) is 5.26 Å². The van der Waals surface area contributed by atoms with Gasteiger partial charge in [-0.05, 0) is 78.2 Å². The minimum Gasteiger partial charge on any atom is -0.481 e. The summed E-state index contributed by atoms with van der Waals surface area (Å²) in [5.74, 6) is -2.73. The van der Waals surface area contributed by atoms with Gasteiger partial charge in [-0.25, -0.2) is 4.39 Å². The van der Waals surface area contributed by atoms with E-state index in [1.807, 2.05) is 11.0 Å². The number of nitriles is 1. The van der Waals surface area contributed by atoms with Crippen LogP contribution in [-0.4, -0.2) is 59.9 Å². The Hall–Kier alpha value is -5.54. The molecule has 0 spiro atoms. The van der Waals surface area contributed by atoms with E-state index in [1.165, 1.54) is 41.7 Å². The Bertz CT molecular complexity index is 1750. The number of carbonyl (C=O) groups is 4. The molecule has 1 aromatic heterocycles. The van der Waals surface area contributed by atoms with Gasteiger partial charge in [0.05, 0.1) is 35.5 Å². The molecule has 1 aliphatic rings. The summed E-state index contributed by atoms with van der Waals surface area (Å²) in [6.45, 7) is 1.66. The Morgan fingerprint density at radius 2 is 1.56 bits per heavy atom. The van der Waals surface area contributed by atoms with E-state index < -0.39 is 29.6 Å². The molecule has 1 unspecified atom stereocenters. The maximum atomic E-state index is 13.5. The third-order valence-electron chi connectivity index (χ3n) is 7.35. The van der Waals surface area contributed by atoms with Gasteiger partial charge in [0.15, 0.2) is 0 Å². The smallest absolute Gasteiger partial charge is 0.305 e. The van der Waals surface area contributed by atoms with Gasteiger partial charge in [0.2, 0.25) is 0 Å². The number of rotatable bonds is 9. The van der Waals surface area contributed by atoms with Crippen LogP contribution in [0.4, 0.5) is 15.8 Å². The number of carboxylic acid groups (broad SMARTS) is 1. The summed E-state index contributed by atoms with van der Waals surface area (Å²) >= 11 is 1.33. The van der Waals surface area contributed by atoms with Crippen molar-refractivity contribution in [2.75, 3.05) is 36.4 Å². The molecule has 3 N–H and O–H groups in total. The lowest BCUT2D eigenvalue weighted by Gasteiger charge is -2.37. The molecule has 1 atom stereocenters. The Kier molecular flexibility index (Phi) is 9.50. The number of nitrogens with one attached hydrogen (secondary N) is 2. The fraction of sp³-hybridized carbons (Fsp3) is 0.182. The number of halogens is 1. The van der Waals surface area contributed by atoms with Gasteiger partial charge < -0.3 is 25.5 Å². The second kappa shape index (κ2) is 13.8. The lowest BCUT2D eigenvalue weighted by Crippen LogP contribution is -2.49.